The molecule has 3 rings (SSSR count). The summed E-state index contributed by atoms with van der Waals surface area (Å²) in [7, 11) is 3.79. The molecule has 1 aliphatic heterocycles. The third-order valence-electron chi connectivity index (χ3n) is 4.87. The summed E-state index contributed by atoms with van der Waals surface area (Å²) in [6.45, 7) is 10.2. The van der Waals surface area contributed by atoms with E-state index < -0.39 is 0 Å². The Labute approximate surface area is 144 Å². The molecule has 2 aromatic rings. The number of imidazole rings is 1. The van der Waals surface area contributed by atoms with E-state index in [1.807, 2.05) is 25.5 Å². The average Bonchev–Trinajstić information content (AvgIpc) is 2.97. The summed E-state index contributed by atoms with van der Waals surface area (Å²) < 4.78 is 7.61. The van der Waals surface area contributed by atoms with E-state index in [2.05, 4.69) is 38.3 Å². The lowest BCUT2D eigenvalue weighted by atomic mass is 10.1. The van der Waals surface area contributed by atoms with Gasteiger partial charge in [0.25, 0.3) is 0 Å². The van der Waals surface area contributed by atoms with Crippen molar-refractivity contribution in [1.29, 1.82) is 0 Å². The minimum atomic E-state index is 0.888. The van der Waals surface area contributed by atoms with E-state index in [1.165, 1.54) is 0 Å². The fourth-order valence-corrected chi connectivity index (χ4v) is 3.30. The number of rotatable bonds is 5. The number of ether oxygens (including phenoxy) is 1. The number of aromatic nitrogens is 3. The van der Waals surface area contributed by atoms with Crippen molar-refractivity contribution in [2.24, 2.45) is 7.05 Å². The Morgan fingerprint density at radius 1 is 1.04 bits per heavy atom. The van der Waals surface area contributed by atoms with E-state index in [9.17, 15) is 0 Å². The number of hydrogen-bond donors (Lipinski definition) is 0. The maximum atomic E-state index is 5.52. The number of aryl methyl sites for hydroxylation is 2. The Kier molecular flexibility index (Phi) is 5.16. The fourth-order valence-electron chi connectivity index (χ4n) is 3.30. The van der Waals surface area contributed by atoms with Crippen LogP contribution in [0.15, 0.2) is 18.6 Å². The van der Waals surface area contributed by atoms with Crippen LogP contribution in [0.5, 0.6) is 5.75 Å². The summed E-state index contributed by atoms with van der Waals surface area (Å²) in [5.41, 5.74) is 3.38. The number of piperazine rings is 1. The molecule has 0 unspecified atom stereocenters. The highest BCUT2D eigenvalue weighted by atomic mass is 16.5. The number of pyridine rings is 1. The quantitative estimate of drug-likeness (QED) is 0.836. The van der Waals surface area contributed by atoms with Crippen LogP contribution in [0, 0.1) is 13.8 Å². The molecule has 2 aromatic heterocycles. The second-order valence-corrected chi connectivity index (χ2v) is 6.55. The SMILES string of the molecule is COc1c(C)cnc(CN2CCN(Cc3nccn3C)CC2)c1C. The van der Waals surface area contributed by atoms with E-state index in [-0.39, 0.29) is 0 Å². The van der Waals surface area contributed by atoms with Crippen LogP contribution in [0.25, 0.3) is 0 Å². The van der Waals surface area contributed by atoms with Gasteiger partial charge in [-0.2, -0.15) is 0 Å². The number of methoxy groups -OCH3 is 1. The molecule has 0 bridgehead atoms. The summed E-state index contributed by atoms with van der Waals surface area (Å²) in [6, 6.07) is 0. The molecule has 0 amide bonds. The maximum Gasteiger partial charge on any atom is 0.128 e. The molecule has 0 spiro atoms. The van der Waals surface area contributed by atoms with Crippen LogP contribution in [0.3, 0.4) is 0 Å². The van der Waals surface area contributed by atoms with Gasteiger partial charge in [-0.15, -0.1) is 0 Å². The van der Waals surface area contributed by atoms with Crippen LogP contribution in [-0.2, 0) is 20.1 Å². The van der Waals surface area contributed by atoms with Crippen molar-refractivity contribution in [1.82, 2.24) is 24.3 Å². The topological polar surface area (TPSA) is 46.4 Å². The molecule has 1 aliphatic rings. The molecule has 1 saturated heterocycles. The third kappa shape index (κ3) is 3.60. The molecule has 130 valence electrons. The van der Waals surface area contributed by atoms with Crippen molar-refractivity contribution in [2.45, 2.75) is 26.9 Å². The minimum absolute atomic E-state index is 0.888. The van der Waals surface area contributed by atoms with Gasteiger partial charge in [0.15, 0.2) is 0 Å². The zero-order valence-corrected chi connectivity index (χ0v) is 15.1. The van der Waals surface area contributed by atoms with Crippen molar-refractivity contribution in [3.05, 3.63) is 41.2 Å². The molecular weight excluding hydrogens is 302 g/mol. The van der Waals surface area contributed by atoms with Gasteiger partial charge in [-0.3, -0.25) is 14.8 Å². The summed E-state index contributed by atoms with van der Waals surface area (Å²) in [6.07, 6.45) is 5.79. The van der Waals surface area contributed by atoms with Crippen molar-refractivity contribution in [2.75, 3.05) is 33.3 Å². The Morgan fingerprint density at radius 3 is 2.29 bits per heavy atom. The zero-order valence-electron chi connectivity index (χ0n) is 15.1. The van der Waals surface area contributed by atoms with Crippen molar-refractivity contribution in [3.8, 4) is 5.75 Å². The van der Waals surface area contributed by atoms with Crippen LogP contribution in [-0.4, -0.2) is 57.6 Å². The predicted molar refractivity (Wildman–Crippen MR) is 94.0 cm³/mol. The first-order valence-electron chi connectivity index (χ1n) is 8.48. The Hall–Kier alpha value is -1.92. The summed E-state index contributed by atoms with van der Waals surface area (Å²) in [5.74, 6) is 2.10. The smallest absolute Gasteiger partial charge is 0.128 e. The molecule has 0 aromatic carbocycles. The molecule has 0 atom stereocenters. The molecule has 6 heteroatoms. The monoisotopic (exact) mass is 329 g/mol. The van der Waals surface area contributed by atoms with E-state index >= 15 is 0 Å². The van der Waals surface area contributed by atoms with E-state index in [0.29, 0.717) is 0 Å². The standard InChI is InChI=1S/C18H27N5O/c1-14-11-20-16(15(2)18(14)24-4)12-22-7-9-23(10-8-22)13-17-19-5-6-21(17)3/h5-6,11H,7-10,12-13H2,1-4H3. The molecule has 0 saturated carbocycles. The number of nitrogens with zero attached hydrogens (tertiary/aromatic N) is 5. The molecule has 1 fully saturated rings. The average molecular weight is 329 g/mol. The highest BCUT2D eigenvalue weighted by molar-refractivity contribution is 5.41. The van der Waals surface area contributed by atoms with Crippen LogP contribution < -0.4 is 4.74 Å². The molecular formula is C18H27N5O. The van der Waals surface area contributed by atoms with Crippen LogP contribution in [0.2, 0.25) is 0 Å². The van der Waals surface area contributed by atoms with E-state index in [4.69, 9.17) is 4.74 Å². The van der Waals surface area contributed by atoms with Crippen molar-refractivity contribution < 1.29 is 4.74 Å². The Balaban J connectivity index is 1.57. The lowest BCUT2D eigenvalue weighted by Gasteiger charge is -2.34. The molecule has 3 heterocycles. The van der Waals surface area contributed by atoms with Crippen LogP contribution >= 0.6 is 0 Å². The molecule has 0 radical (unpaired) electrons. The van der Waals surface area contributed by atoms with E-state index in [0.717, 1.165) is 67.7 Å². The predicted octanol–water partition coefficient (Wildman–Crippen LogP) is 1.76. The van der Waals surface area contributed by atoms with Gasteiger partial charge < -0.3 is 9.30 Å². The first-order chi connectivity index (χ1) is 11.6. The summed E-state index contributed by atoms with van der Waals surface area (Å²) in [4.78, 5) is 14.0. The van der Waals surface area contributed by atoms with Gasteiger partial charge in [0.05, 0.1) is 19.3 Å². The Bertz CT molecular complexity index is 689. The summed E-state index contributed by atoms with van der Waals surface area (Å²) >= 11 is 0. The third-order valence-corrected chi connectivity index (χ3v) is 4.87. The van der Waals surface area contributed by atoms with Crippen LogP contribution in [0.1, 0.15) is 22.6 Å². The lowest BCUT2D eigenvalue weighted by Crippen LogP contribution is -2.45. The van der Waals surface area contributed by atoms with E-state index in [1.54, 1.807) is 7.11 Å². The summed E-state index contributed by atoms with van der Waals surface area (Å²) in [5, 5.41) is 0. The normalized spacial score (nSPS) is 16.5. The minimum Gasteiger partial charge on any atom is -0.496 e. The lowest BCUT2D eigenvalue weighted by molar-refractivity contribution is 0.118. The fraction of sp³-hybridized carbons (Fsp3) is 0.556. The van der Waals surface area contributed by atoms with Gasteiger partial charge >= 0.3 is 0 Å². The van der Waals surface area contributed by atoms with Crippen molar-refractivity contribution in [3.63, 3.8) is 0 Å². The second-order valence-electron chi connectivity index (χ2n) is 6.55. The first-order valence-corrected chi connectivity index (χ1v) is 8.48. The first kappa shape index (κ1) is 16.9. The molecule has 24 heavy (non-hydrogen) atoms. The second kappa shape index (κ2) is 7.32. The van der Waals surface area contributed by atoms with Gasteiger partial charge in [-0.1, -0.05) is 0 Å². The molecule has 0 N–H and O–H groups in total. The zero-order chi connectivity index (χ0) is 17.1. The Morgan fingerprint density at radius 2 is 1.71 bits per heavy atom. The van der Waals surface area contributed by atoms with Gasteiger partial charge in [0.1, 0.15) is 11.6 Å². The molecule has 0 aliphatic carbocycles. The van der Waals surface area contributed by atoms with Crippen LogP contribution in [0.4, 0.5) is 0 Å². The largest absolute Gasteiger partial charge is 0.496 e. The molecule has 6 nitrogen and oxygen atoms in total. The van der Waals surface area contributed by atoms with Gasteiger partial charge in [0, 0.05) is 69.5 Å². The van der Waals surface area contributed by atoms with Gasteiger partial charge in [-0.05, 0) is 13.8 Å². The van der Waals surface area contributed by atoms with Crippen molar-refractivity contribution >= 4 is 0 Å². The van der Waals surface area contributed by atoms with Gasteiger partial charge in [-0.25, -0.2) is 4.98 Å². The highest BCUT2D eigenvalue weighted by Gasteiger charge is 2.20. The maximum absolute atomic E-state index is 5.52. The highest BCUT2D eigenvalue weighted by Crippen LogP contribution is 2.25. The van der Waals surface area contributed by atoms with Gasteiger partial charge in [0.2, 0.25) is 0 Å². The number of hydrogen-bond acceptors (Lipinski definition) is 5.